The quantitative estimate of drug-likeness (QED) is 0.803. The van der Waals surface area contributed by atoms with Crippen LogP contribution in [0.2, 0.25) is 0 Å². The monoisotopic (exact) mass is 274 g/mol. The number of fused-ring (bicyclic) bond motifs is 3. The molecule has 3 nitrogen and oxygen atoms in total. The molecule has 19 heavy (non-hydrogen) atoms. The summed E-state index contributed by atoms with van der Waals surface area (Å²) in [7, 11) is -3.19. The number of hydrogen-bond acceptors (Lipinski definition) is 3. The molecule has 0 aliphatic carbocycles. The van der Waals surface area contributed by atoms with E-state index in [0.29, 0.717) is 5.56 Å². The molecule has 1 N–H and O–H groups in total. The summed E-state index contributed by atoms with van der Waals surface area (Å²) < 4.78 is 24.3. The van der Waals surface area contributed by atoms with Crippen molar-refractivity contribution in [2.75, 3.05) is 0 Å². The molecule has 0 unspecified atom stereocenters. The largest absolute Gasteiger partial charge is 0.508 e. The van der Waals surface area contributed by atoms with Gasteiger partial charge < -0.3 is 5.11 Å². The van der Waals surface area contributed by atoms with Gasteiger partial charge in [0.15, 0.2) is 9.84 Å². The van der Waals surface area contributed by atoms with Crippen molar-refractivity contribution in [2.45, 2.75) is 18.4 Å². The first kappa shape index (κ1) is 12.2. The van der Waals surface area contributed by atoms with E-state index in [0.717, 1.165) is 22.3 Å². The zero-order valence-electron chi connectivity index (χ0n) is 10.6. The fourth-order valence-corrected chi connectivity index (χ4v) is 4.12. The first-order chi connectivity index (χ1) is 8.94. The molecule has 0 bridgehead atoms. The molecule has 0 amide bonds. The van der Waals surface area contributed by atoms with E-state index in [1.54, 1.807) is 18.2 Å². The normalized spacial score (nSPS) is 16.3. The lowest BCUT2D eigenvalue weighted by Crippen LogP contribution is -2.05. The van der Waals surface area contributed by atoms with Crippen LogP contribution in [-0.4, -0.2) is 13.5 Å². The van der Waals surface area contributed by atoms with Gasteiger partial charge in [0, 0.05) is 0 Å². The lowest BCUT2D eigenvalue weighted by atomic mass is 9.95. The van der Waals surface area contributed by atoms with Crippen LogP contribution >= 0.6 is 0 Å². The van der Waals surface area contributed by atoms with E-state index < -0.39 is 9.84 Å². The second-order valence-corrected chi connectivity index (χ2v) is 7.10. The summed E-state index contributed by atoms with van der Waals surface area (Å²) in [6, 6.07) is 10.8. The number of rotatable bonds is 0. The third kappa shape index (κ3) is 2.24. The van der Waals surface area contributed by atoms with Crippen LogP contribution in [0.5, 0.6) is 5.75 Å². The van der Waals surface area contributed by atoms with Gasteiger partial charge in [-0.3, -0.25) is 0 Å². The molecule has 0 spiro atoms. The Morgan fingerprint density at radius 3 is 2.21 bits per heavy atom. The van der Waals surface area contributed by atoms with Gasteiger partial charge >= 0.3 is 0 Å². The Bertz CT molecular complexity index is 701. The minimum absolute atomic E-state index is 0.0234. The number of benzene rings is 2. The van der Waals surface area contributed by atoms with Crippen LogP contribution in [0.1, 0.15) is 16.7 Å². The Morgan fingerprint density at radius 2 is 1.53 bits per heavy atom. The van der Waals surface area contributed by atoms with Crippen molar-refractivity contribution >= 4 is 9.84 Å². The van der Waals surface area contributed by atoms with Crippen molar-refractivity contribution in [3.05, 3.63) is 53.1 Å². The summed E-state index contributed by atoms with van der Waals surface area (Å²) in [4.78, 5) is 0. The van der Waals surface area contributed by atoms with Crippen LogP contribution in [0.15, 0.2) is 36.4 Å². The lowest BCUT2D eigenvalue weighted by molar-refractivity contribution is 0.475. The fourth-order valence-electron chi connectivity index (χ4n) is 2.59. The highest BCUT2D eigenvalue weighted by Crippen LogP contribution is 2.35. The molecule has 2 aromatic carbocycles. The van der Waals surface area contributed by atoms with Crippen LogP contribution in [0.25, 0.3) is 11.1 Å². The fraction of sp³-hybridized carbons (Fsp3) is 0.200. The molecule has 3 rings (SSSR count). The molecule has 0 saturated carbocycles. The van der Waals surface area contributed by atoms with Gasteiger partial charge in [0.25, 0.3) is 0 Å². The molecule has 0 atom stereocenters. The molecule has 1 aliphatic rings. The first-order valence-electron chi connectivity index (χ1n) is 6.07. The lowest BCUT2D eigenvalue weighted by Gasteiger charge is -2.09. The summed E-state index contributed by atoms with van der Waals surface area (Å²) in [5.41, 5.74) is 4.40. The van der Waals surface area contributed by atoms with Crippen molar-refractivity contribution in [3.63, 3.8) is 0 Å². The van der Waals surface area contributed by atoms with E-state index in [4.69, 9.17) is 0 Å². The van der Waals surface area contributed by atoms with Gasteiger partial charge in [-0.05, 0) is 41.3 Å². The Labute approximate surface area is 112 Å². The third-order valence-corrected chi connectivity index (χ3v) is 4.89. The van der Waals surface area contributed by atoms with E-state index in [1.165, 1.54) is 0 Å². The van der Waals surface area contributed by atoms with E-state index in [9.17, 15) is 13.5 Å². The molecule has 1 heterocycles. The van der Waals surface area contributed by atoms with Crippen molar-refractivity contribution < 1.29 is 13.5 Å². The molecule has 0 fully saturated rings. The highest BCUT2D eigenvalue weighted by atomic mass is 32.2. The molecule has 2 aromatic rings. The number of aryl methyl sites for hydroxylation is 1. The molecule has 1 aliphatic heterocycles. The molecule has 0 saturated heterocycles. The summed E-state index contributed by atoms with van der Waals surface area (Å²) in [5, 5.41) is 9.55. The number of sulfone groups is 1. The van der Waals surface area contributed by atoms with Crippen molar-refractivity contribution in [1.82, 2.24) is 0 Å². The number of hydrogen-bond donors (Lipinski definition) is 1. The van der Waals surface area contributed by atoms with Crippen molar-refractivity contribution in [3.8, 4) is 16.9 Å². The zero-order valence-corrected chi connectivity index (χ0v) is 11.4. The summed E-state index contributed by atoms with van der Waals surface area (Å²) in [6.07, 6.45) is 0. The van der Waals surface area contributed by atoms with E-state index in [2.05, 4.69) is 0 Å². The summed E-state index contributed by atoms with van der Waals surface area (Å²) in [6.45, 7) is 1.95. The Balaban J connectivity index is 2.34. The van der Waals surface area contributed by atoms with Crippen molar-refractivity contribution in [1.29, 1.82) is 0 Å². The topological polar surface area (TPSA) is 54.4 Å². The minimum Gasteiger partial charge on any atom is -0.508 e. The zero-order chi connectivity index (χ0) is 13.6. The SMILES string of the molecule is Cc1ccc2c(c1)CS(=O)(=O)Cc1cc(O)ccc1-2. The van der Waals surface area contributed by atoms with E-state index >= 15 is 0 Å². The van der Waals surface area contributed by atoms with Crippen LogP contribution in [0.3, 0.4) is 0 Å². The number of phenols is 1. The second kappa shape index (κ2) is 4.10. The summed E-state index contributed by atoms with van der Waals surface area (Å²) >= 11 is 0. The molecule has 0 radical (unpaired) electrons. The van der Waals surface area contributed by atoms with Gasteiger partial charge in [-0.15, -0.1) is 0 Å². The molecule has 0 aromatic heterocycles. The number of aromatic hydroxyl groups is 1. The van der Waals surface area contributed by atoms with Crippen LogP contribution in [-0.2, 0) is 21.3 Å². The van der Waals surface area contributed by atoms with Gasteiger partial charge in [-0.25, -0.2) is 8.42 Å². The second-order valence-electron chi connectivity index (χ2n) is 5.03. The maximum absolute atomic E-state index is 12.1. The van der Waals surface area contributed by atoms with Gasteiger partial charge in [-0.2, -0.15) is 0 Å². The minimum atomic E-state index is -3.19. The summed E-state index contributed by atoms with van der Waals surface area (Å²) in [5.74, 6) is 0.133. The van der Waals surface area contributed by atoms with Gasteiger partial charge in [0.1, 0.15) is 5.75 Å². The van der Waals surface area contributed by atoms with Crippen LogP contribution in [0, 0.1) is 6.92 Å². The van der Waals surface area contributed by atoms with Gasteiger partial charge in [0.05, 0.1) is 11.5 Å². The first-order valence-corrected chi connectivity index (χ1v) is 7.89. The highest BCUT2D eigenvalue weighted by molar-refractivity contribution is 7.89. The predicted octanol–water partition coefficient (Wildman–Crippen LogP) is 2.80. The van der Waals surface area contributed by atoms with E-state index in [1.807, 2.05) is 25.1 Å². The standard InChI is InChI=1S/C15H14O3S/c1-10-2-4-14-11(6-10)8-19(17,18)9-12-7-13(16)3-5-15(12)14/h2-7,16H,8-9H2,1H3. The molecular weight excluding hydrogens is 260 g/mol. The number of phenolic OH excluding ortho intramolecular Hbond substituents is 1. The maximum Gasteiger partial charge on any atom is 0.158 e. The predicted molar refractivity (Wildman–Crippen MR) is 74.6 cm³/mol. The third-order valence-electron chi connectivity index (χ3n) is 3.39. The highest BCUT2D eigenvalue weighted by Gasteiger charge is 2.23. The maximum atomic E-state index is 12.1. The Morgan fingerprint density at radius 1 is 0.947 bits per heavy atom. The average Bonchev–Trinajstić information content (AvgIpc) is 2.39. The smallest absolute Gasteiger partial charge is 0.158 e. The molecule has 98 valence electrons. The van der Waals surface area contributed by atoms with Crippen LogP contribution in [0.4, 0.5) is 0 Å². The van der Waals surface area contributed by atoms with Gasteiger partial charge in [0.2, 0.25) is 0 Å². The van der Waals surface area contributed by atoms with E-state index in [-0.39, 0.29) is 17.3 Å². The Hall–Kier alpha value is -1.81. The van der Waals surface area contributed by atoms with Crippen LogP contribution < -0.4 is 0 Å². The molecule has 4 heteroatoms. The molecular formula is C15H14O3S. The average molecular weight is 274 g/mol. The Kier molecular flexibility index (Phi) is 2.64. The van der Waals surface area contributed by atoms with Gasteiger partial charge in [-0.1, -0.05) is 29.8 Å². The van der Waals surface area contributed by atoms with Crippen molar-refractivity contribution in [2.24, 2.45) is 0 Å².